The Morgan fingerprint density at radius 2 is 2.00 bits per heavy atom. The molecule has 0 aromatic rings. The third-order valence-corrected chi connectivity index (χ3v) is 4.48. The van der Waals surface area contributed by atoms with Crippen LogP contribution >= 0.6 is 0 Å². The monoisotopic (exact) mass is 282 g/mol. The van der Waals surface area contributed by atoms with E-state index in [9.17, 15) is 4.79 Å². The van der Waals surface area contributed by atoms with Crippen LogP contribution in [0.4, 0.5) is 0 Å². The molecular formula is C16H30N2O2. The molecule has 20 heavy (non-hydrogen) atoms. The first-order valence-corrected chi connectivity index (χ1v) is 8.00. The first kappa shape index (κ1) is 15.8. The lowest BCUT2D eigenvalue weighted by molar-refractivity contribution is -0.131. The van der Waals surface area contributed by atoms with Gasteiger partial charge in [0.1, 0.15) is 0 Å². The summed E-state index contributed by atoms with van der Waals surface area (Å²) >= 11 is 0. The topological polar surface area (TPSA) is 41.6 Å². The highest BCUT2D eigenvalue weighted by Gasteiger charge is 2.36. The van der Waals surface area contributed by atoms with E-state index in [0.29, 0.717) is 18.5 Å². The van der Waals surface area contributed by atoms with Crippen molar-refractivity contribution in [2.45, 2.75) is 71.0 Å². The molecule has 0 aromatic heterocycles. The van der Waals surface area contributed by atoms with Gasteiger partial charge in [-0.3, -0.25) is 4.79 Å². The zero-order valence-electron chi connectivity index (χ0n) is 13.4. The van der Waals surface area contributed by atoms with E-state index in [2.05, 4.69) is 33.0 Å². The molecule has 0 bridgehead atoms. The highest BCUT2D eigenvalue weighted by Crippen LogP contribution is 2.24. The Bertz CT molecular complexity index is 332. The third-order valence-electron chi connectivity index (χ3n) is 4.48. The van der Waals surface area contributed by atoms with E-state index in [4.69, 9.17) is 4.74 Å². The summed E-state index contributed by atoms with van der Waals surface area (Å²) in [7, 11) is 0. The van der Waals surface area contributed by atoms with Crippen LogP contribution in [-0.2, 0) is 9.53 Å². The minimum absolute atomic E-state index is 0.0581. The Hall–Kier alpha value is -0.610. The predicted octanol–water partition coefficient (Wildman–Crippen LogP) is 2.18. The second-order valence-electron chi connectivity index (χ2n) is 7.44. The molecule has 0 unspecified atom stereocenters. The van der Waals surface area contributed by atoms with Crippen LogP contribution < -0.4 is 5.32 Å². The van der Waals surface area contributed by atoms with Gasteiger partial charge in [-0.1, -0.05) is 0 Å². The van der Waals surface area contributed by atoms with E-state index >= 15 is 0 Å². The summed E-state index contributed by atoms with van der Waals surface area (Å²) in [6.45, 7) is 11.3. The predicted molar refractivity (Wildman–Crippen MR) is 80.6 cm³/mol. The number of amides is 1. The summed E-state index contributed by atoms with van der Waals surface area (Å²) in [5.74, 6) is 1.07. The summed E-state index contributed by atoms with van der Waals surface area (Å²) in [5, 5.41) is 3.66. The smallest absolute Gasteiger partial charge is 0.224 e. The van der Waals surface area contributed by atoms with Crippen molar-refractivity contribution in [2.24, 2.45) is 5.92 Å². The van der Waals surface area contributed by atoms with E-state index < -0.39 is 0 Å². The third kappa shape index (κ3) is 4.19. The van der Waals surface area contributed by atoms with Gasteiger partial charge in [0.05, 0.1) is 0 Å². The molecule has 2 rings (SSSR count). The molecule has 2 atom stereocenters. The highest BCUT2D eigenvalue weighted by molar-refractivity contribution is 5.80. The van der Waals surface area contributed by atoms with Crippen molar-refractivity contribution in [1.82, 2.24) is 10.2 Å². The van der Waals surface area contributed by atoms with Gasteiger partial charge in [-0.05, 0) is 52.9 Å². The molecular weight excluding hydrogens is 252 g/mol. The Kier molecular flexibility index (Phi) is 5.08. The zero-order chi connectivity index (χ0) is 14.8. The quantitative estimate of drug-likeness (QED) is 0.859. The molecule has 2 saturated heterocycles. The van der Waals surface area contributed by atoms with Crippen LogP contribution in [0.15, 0.2) is 0 Å². The number of nitrogens with one attached hydrogen (secondary N) is 1. The van der Waals surface area contributed by atoms with Crippen LogP contribution in [0.5, 0.6) is 0 Å². The molecule has 116 valence electrons. The molecule has 0 aromatic carbocycles. The number of nitrogens with zero attached hydrogens (tertiary/aromatic N) is 1. The fourth-order valence-electron chi connectivity index (χ4n) is 3.42. The molecule has 2 fully saturated rings. The van der Waals surface area contributed by atoms with Gasteiger partial charge in [0.25, 0.3) is 0 Å². The zero-order valence-corrected chi connectivity index (χ0v) is 13.4. The molecule has 0 saturated carbocycles. The lowest BCUT2D eigenvalue weighted by Gasteiger charge is -2.32. The minimum Gasteiger partial charge on any atom is -0.381 e. The van der Waals surface area contributed by atoms with Crippen molar-refractivity contribution in [1.29, 1.82) is 0 Å². The average molecular weight is 282 g/mol. The first-order valence-electron chi connectivity index (χ1n) is 8.00. The number of carbonyl (C=O) groups is 1. The van der Waals surface area contributed by atoms with Crippen molar-refractivity contribution in [2.75, 3.05) is 19.8 Å². The Morgan fingerprint density at radius 1 is 1.35 bits per heavy atom. The van der Waals surface area contributed by atoms with Crippen molar-refractivity contribution in [3.63, 3.8) is 0 Å². The molecule has 1 amide bonds. The Labute approximate surface area is 123 Å². The molecule has 0 spiro atoms. The second-order valence-corrected chi connectivity index (χ2v) is 7.44. The van der Waals surface area contributed by atoms with E-state index in [1.807, 2.05) is 4.90 Å². The van der Waals surface area contributed by atoms with Gasteiger partial charge in [-0.2, -0.15) is 0 Å². The van der Waals surface area contributed by atoms with E-state index in [1.165, 1.54) is 19.3 Å². The molecule has 4 nitrogen and oxygen atoms in total. The van der Waals surface area contributed by atoms with E-state index in [1.54, 1.807) is 0 Å². The van der Waals surface area contributed by atoms with Crippen molar-refractivity contribution in [3.8, 4) is 0 Å². The first-order chi connectivity index (χ1) is 9.36. The number of hydrogen-bond donors (Lipinski definition) is 1. The van der Waals surface area contributed by atoms with Gasteiger partial charge in [0.15, 0.2) is 0 Å². The Balaban J connectivity index is 1.77. The van der Waals surface area contributed by atoms with Crippen molar-refractivity contribution in [3.05, 3.63) is 0 Å². The maximum absolute atomic E-state index is 12.1. The number of carbonyl (C=O) groups excluding carboxylic acids is 1. The van der Waals surface area contributed by atoms with Crippen molar-refractivity contribution >= 4 is 5.91 Å². The van der Waals surface area contributed by atoms with Crippen LogP contribution in [0.25, 0.3) is 0 Å². The van der Waals surface area contributed by atoms with Crippen molar-refractivity contribution < 1.29 is 9.53 Å². The van der Waals surface area contributed by atoms with Gasteiger partial charge in [0.2, 0.25) is 5.91 Å². The molecule has 2 aliphatic rings. The summed E-state index contributed by atoms with van der Waals surface area (Å²) in [5.41, 5.74) is -0.0581. The van der Waals surface area contributed by atoms with Gasteiger partial charge in [-0.15, -0.1) is 0 Å². The molecule has 0 aliphatic carbocycles. The van der Waals surface area contributed by atoms with Gasteiger partial charge >= 0.3 is 0 Å². The second kappa shape index (κ2) is 6.44. The average Bonchev–Trinajstić information content (AvgIpc) is 2.71. The van der Waals surface area contributed by atoms with Gasteiger partial charge < -0.3 is 15.0 Å². The summed E-state index contributed by atoms with van der Waals surface area (Å²) < 4.78 is 5.41. The summed E-state index contributed by atoms with van der Waals surface area (Å²) in [6, 6.07) is 0.799. The summed E-state index contributed by atoms with van der Waals surface area (Å²) in [6.07, 6.45) is 4.21. The maximum atomic E-state index is 12.1. The number of ether oxygens (including phenoxy) is 1. The Morgan fingerprint density at radius 3 is 2.55 bits per heavy atom. The molecule has 2 heterocycles. The lowest BCUT2D eigenvalue weighted by Crippen LogP contribution is -2.45. The van der Waals surface area contributed by atoms with Crippen LogP contribution in [0.2, 0.25) is 0 Å². The fourth-order valence-corrected chi connectivity index (χ4v) is 3.42. The minimum atomic E-state index is -0.0581. The van der Waals surface area contributed by atoms with E-state index in [0.717, 1.165) is 25.7 Å². The van der Waals surface area contributed by atoms with Gasteiger partial charge in [0, 0.05) is 43.8 Å². The number of likely N-dealkylation sites (tertiary alicyclic amines) is 1. The summed E-state index contributed by atoms with van der Waals surface area (Å²) in [4.78, 5) is 14.1. The van der Waals surface area contributed by atoms with Crippen LogP contribution in [0.3, 0.4) is 0 Å². The fraction of sp³-hybridized carbons (Fsp3) is 0.938. The largest absolute Gasteiger partial charge is 0.381 e. The molecule has 1 N–H and O–H groups in total. The van der Waals surface area contributed by atoms with Crippen LogP contribution in [0, 0.1) is 5.92 Å². The molecule has 0 radical (unpaired) electrons. The van der Waals surface area contributed by atoms with Crippen LogP contribution in [-0.4, -0.2) is 48.2 Å². The lowest BCUT2D eigenvalue weighted by atomic mass is 9.93. The van der Waals surface area contributed by atoms with Crippen LogP contribution in [0.1, 0.15) is 53.4 Å². The highest BCUT2D eigenvalue weighted by atomic mass is 16.5. The molecule has 2 aliphatic heterocycles. The number of hydrogen-bond acceptors (Lipinski definition) is 3. The SMILES string of the molecule is C[C@@H](CC1CCOCC1)N[C@H]1CC(=O)N(C(C)(C)C)C1. The molecule has 4 heteroatoms. The standard InChI is InChI=1S/C16H30N2O2/c1-12(9-13-5-7-20-8-6-13)17-14-10-15(19)18(11-14)16(2,3)4/h12-14,17H,5-11H2,1-4H3/t12-,14-/m0/s1. The van der Waals surface area contributed by atoms with Gasteiger partial charge in [-0.25, -0.2) is 0 Å². The maximum Gasteiger partial charge on any atom is 0.224 e. The normalized spacial score (nSPS) is 27.1. The van der Waals surface area contributed by atoms with E-state index in [-0.39, 0.29) is 11.4 Å². The number of rotatable bonds is 4.